The van der Waals surface area contributed by atoms with E-state index in [9.17, 15) is 0 Å². The molecular weight excluding hydrogens is 226 g/mol. The maximum atomic E-state index is 5.64. The van der Waals surface area contributed by atoms with Crippen molar-refractivity contribution in [2.45, 2.75) is 20.3 Å². The summed E-state index contributed by atoms with van der Waals surface area (Å²) in [6.07, 6.45) is 1.13. The van der Waals surface area contributed by atoms with E-state index in [-0.39, 0.29) is 0 Å². The van der Waals surface area contributed by atoms with Gasteiger partial charge in [-0.25, -0.2) is 0 Å². The van der Waals surface area contributed by atoms with E-state index in [4.69, 9.17) is 9.47 Å². The van der Waals surface area contributed by atoms with Gasteiger partial charge in [0.1, 0.15) is 18.1 Å². The molecule has 0 fully saturated rings. The minimum absolute atomic E-state index is 0.546. The largest absolute Gasteiger partial charge is 0.494 e. The van der Waals surface area contributed by atoms with Gasteiger partial charge in [-0.2, -0.15) is 0 Å². The lowest BCUT2D eigenvalue weighted by atomic mass is 10.3. The van der Waals surface area contributed by atoms with Crippen LogP contribution in [0.25, 0.3) is 0 Å². The van der Waals surface area contributed by atoms with Crippen molar-refractivity contribution in [3.8, 4) is 11.5 Å². The van der Waals surface area contributed by atoms with Crippen LogP contribution in [-0.2, 0) is 0 Å². The lowest BCUT2D eigenvalue weighted by Crippen LogP contribution is -2.20. The summed E-state index contributed by atoms with van der Waals surface area (Å²) in [6.45, 7) is 11.1. The maximum Gasteiger partial charge on any atom is 0.120 e. The molecule has 0 radical (unpaired) electrons. The van der Waals surface area contributed by atoms with Crippen molar-refractivity contribution < 1.29 is 9.47 Å². The van der Waals surface area contributed by atoms with Crippen molar-refractivity contribution in [2.24, 2.45) is 0 Å². The molecule has 1 rings (SSSR count). The van der Waals surface area contributed by atoms with Gasteiger partial charge in [0.15, 0.2) is 0 Å². The molecule has 0 atom stereocenters. The summed E-state index contributed by atoms with van der Waals surface area (Å²) in [5.41, 5.74) is 1.05. The van der Waals surface area contributed by atoms with Gasteiger partial charge in [0, 0.05) is 6.54 Å². The van der Waals surface area contributed by atoms with Crippen LogP contribution < -0.4 is 14.8 Å². The Kier molecular flexibility index (Phi) is 6.96. The molecular formula is C15H23NO2. The number of nitrogens with one attached hydrogen (secondary N) is 1. The first-order valence-electron chi connectivity index (χ1n) is 6.49. The molecule has 0 aliphatic heterocycles. The second-order valence-electron chi connectivity index (χ2n) is 4.12. The zero-order valence-electron chi connectivity index (χ0n) is 11.4. The minimum atomic E-state index is 0.546. The molecule has 100 valence electrons. The fraction of sp³-hybridized carbons (Fsp3) is 0.467. The van der Waals surface area contributed by atoms with Crippen molar-refractivity contribution in [1.29, 1.82) is 0 Å². The molecule has 3 nitrogen and oxygen atoms in total. The molecule has 1 N–H and O–H groups in total. The number of rotatable bonds is 9. The van der Waals surface area contributed by atoms with Gasteiger partial charge in [-0.3, -0.25) is 0 Å². The topological polar surface area (TPSA) is 30.5 Å². The van der Waals surface area contributed by atoms with Gasteiger partial charge < -0.3 is 14.8 Å². The lowest BCUT2D eigenvalue weighted by molar-refractivity contribution is 0.334. The molecule has 1 aromatic rings. The van der Waals surface area contributed by atoms with Crippen LogP contribution in [-0.4, -0.2) is 26.3 Å². The predicted molar refractivity (Wildman–Crippen MR) is 75.4 cm³/mol. The number of ether oxygens (including phenoxy) is 2. The van der Waals surface area contributed by atoms with E-state index in [1.54, 1.807) is 0 Å². The summed E-state index contributed by atoms with van der Waals surface area (Å²) >= 11 is 0. The maximum absolute atomic E-state index is 5.64. The van der Waals surface area contributed by atoms with Crippen LogP contribution in [0.1, 0.15) is 20.3 Å². The molecule has 0 spiro atoms. The monoisotopic (exact) mass is 249 g/mol. The van der Waals surface area contributed by atoms with E-state index >= 15 is 0 Å². The van der Waals surface area contributed by atoms with E-state index in [1.807, 2.05) is 31.2 Å². The SMILES string of the molecule is C=C(CNCCC)COc1ccc(OCC)cc1. The van der Waals surface area contributed by atoms with Gasteiger partial charge in [-0.05, 0) is 49.7 Å². The fourth-order valence-electron chi connectivity index (χ4n) is 1.48. The Labute approximate surface area is 110 Å². The summed E-state index contributed by atoms with van der Waals surface area (Å²) in [6, 6.07) is 7.66. The van der Waals surface area contributed by atoms with Crippen LogP contribution in [0.15, 0.2) is 36.4 Å². The van der Waals surface area contributed by atoms with E-state index < -0.39 is 0 Å². The summed E-state index contributed by atoms with van der Waals surface area (Å²) in [7, 11) is 0. The number of hydrogen-bond donors (Lipinski definition) is 1. The molecule has 0 aromatic heterocycles. The second-order valence-corrected chi connectivity index (χ2v) is 4.12. The van der Waals surface area contributed by atoms with E-state index in [0.29, 0.717) is 13.2 Å². The Morgan fingerprint density at radius 3 is 2.28 bits per heavy atom. The molecule has 0 aliphatic rings. The smallest absolute Gasteiger partial charge is 0.120 e. The summed E-state index contributed by atoms with van der Waals surface area (Å²) in [5.74, 6) is 1.71. The zero-order valence-corrected chi connectivity index (χ0v) is 11.4. The first kappa shape index (κ1) is 14.6. The number of hydrogen-bond acceptors (Lipinski definition) is 3. The predicted octanol–water partition coefficient (Wildman–Crippen LogP) is 3.02. The zero-order chi connectivity index (χ0) is 13.2. The van der Waals surface area contributed by atoms with Gasteiger partial charge in [0.05, 0.1) is 6.61 Å². The Morgan fingerprint density at radius 2 is 1.72 bits per heavy atom. The van der Waals surface area contributed by atoms with Crippen LogP contribution in [0.3, 0.4) is 0 Å². The van der Waals surface area contributed by atoms with Gasteiger partial charge in [0.25, 0.3) is 0 Å². The Hall–Kier alpha value is -1.48. The van der Waals surface area contributed by atoms with Crippen molar-refractivity contribution in [3.63, 3.8) is 0 Å². The van der Waals surface area contributed by atoms with Gasteiger partial charge in [0.2, 0.25) is 0 Å². The molecule has 1 aromatic carbocycles. The summed E-state index contributed by atoms with van der Waals surface area (Å²) < 4.78 is 11.0. The highest BCUT2D eigenvalue weighted by molar-refractivity contribution is 5.31. The third-order valence-electron chi connectivity index (χ3n) is 2.38. The quantitative estimate of drug-likeness (QED) is 0.539. The standard InChI is InChI=1S/C15H23NO2/c1-4-10-16-11-13(3)12-18-15-8-6-14(7-9-15)17-5-2/h6-9,16H,3-5,10-12H2,1-2H3. The molecule has 0 aliphatic carbocycles. The summed E-state index contributed by atoms with van der Waals surface area (Å²) in [5, 5.41) is 3.30. The Balaban J connectivity index is 2.27. The van der Waals surface area contributed by atoms with Gasteiger partial charge >= 0.3 is 0 Å². The average molecular weight is 249 g/mol. The fourth-order valence-corrected chi connectivity index (χ4v) is 1.48. The van der Waals surface area contributed by atoms with E-state index in [0.717, 1.165) is 36.6 Å². The normalized spacial score (nSPS) is 10.1. The molecule has 3 heteroatoms. The third-order valence-corrected chi connectivity index (χ3v) is 2.38. The van der Waals surface area contributed by atoms with Crippen molar-refractivity contribution in [3.05, 3.63) is 36.4 Å². The average Bonchev–Trinajstić information content (AvgIpc) is 2.39. The molecule has 0 saturated carbocycles. The molecule has 0 unspecified atom stereocenters. The first-order chi connectivity index (χ1) is 8.76. The lowest BCUT2D eigenvalue weighted by Gasteiger charge is -2.10. The van der Waals surface area contributed by atoms with Gasteiger partial charge in [-0.1, -0.05) is 13.5 Å². The first-order valence-corrected chi connectivity index (χ1v) is 6.49. The molecule has 18 heavy (non-hydrogen) atoms. The number of benzene rings is 1. The molecule has 0 amide bonds. The Bertz CT molecular complexity index is 346. The van der Waals surface area contributed by atoms with E-state index in [1.165, 1.54) is 0 Å². The van der Waals surface area contributed by atoms with Gasteiger partial charge in [-0.15, -0.1) is 0 Å². The molecule has 0 bridgehead atoms. The third kappa shape index (κ3) is 5.73. The second kappa shape index (κ2) is 8.59. The van der Waals surface area contributed by atoms with Crippen LogP contribution in [0.4, 0.5) is 0 Å². The highest BCUT2D eigenvalue weighted by atomic mass is 16.5. The van der Waals surface area contributed by atoms with Crippen LogP contribution >= 0.6 is 0 Å². The van der Waals surface area contributed by atoms with Crippen molar-refractivity contribution in [1.82, 2.24) is 5.32 Å². The van der Waals surface area contributed by atoms with Crippen molar-refractivity contribution >= 4 is 0 Å². The van der Waals surface area contributed by atoms with Crippen LogP contribution in [0.2, 0.25) is 0 Å². The molecule has 0 saturated heterocycles. The van der Waals surface area contributed by atoms with E-state index in [2.05, 4.69) is 18.8 Å². The Morgan fingerprint density at radius 1 is 1.11 bits per heavy atom. The van der Waals surface area contributed by atoms with Crippen molar-refractivity contribution in [2.75, 3.05) is 26.3 Å². The summed E-state index contributed by atoms with van der Waals surface area (Å²) in [4.78, 5) is 0. The highest BCUT2D eigenvalue weighted by Crippen LogP contribution is 2.17. The van der Waals surface area contributed by atoms with Crippen LogP contribution in [0, 0.1) is 0 Å². The minimum Gasteiger partial charge on any atom is -0.494 e. The highest BCUT2D eigenvalue weighted by Gasteiger charge is 1.98. The molecule has 0 heterocycles. The van der Waals surface area contributed by atoms with Crippen LogP contribution in [0.5, 0.6) is 11.5 Å².